The van der Waals surface area contributed by atoms with E-state index in [4.69, 9.17) is 0 Å². The van der Waals surface area contributed by atoms with Crippen molar-refractivity contribution in [2.24, 2.45) is 0 Å². The lowest BCUT2D eigenvalue weighted by molar-refractivity contribution is 0.604. The Morgan fingerprint density at radius 2 is 2.18 bits per heavy atom. The molecule has 2 heterocycles. The molecule has 0 saturated heterocycles. The maximum Gasteiger partial charge on any atom is 0.148 e. The zero-order valence-electron chi connectivity index (χ0n) is 10.4. The minimum atomic E-state index is 0.767. The third-order valence-corrected chi connectivity index (χ3v) is 2.58. The van der Waals surface area contributed by atoms with Gasteiger partial charge in [-0.2, -0.15) is 10.2 Å². The zero-order chi connectivity index (χ0) is 12.1. The first kappa shape index (κ1) is 11.7. The minimum Gasteiger partial charge on any atom is -0.364 e. The maximum atomic E-state index is 4.42. The summed E-state index contributed by atoms with van der Waals surface area (Å²) in [6.07, 6.45) is 7.04. The Bertz CT molecular complexity index is 457. The fraction of sp³-hybridized carbons (Fsp3) is 0.500. The number of nitrogens with one attached hydrogen (secondary N) is 1. The first-order valence-corrected chi connectivity index (χ1v) is 6.10. The van der Waals surface area contributed by atoms with Gasteiger partial charge in [0.15, 0.2) is 0 Å². The van der Waals surface area contributed by atoms with Crippen molar-refractivity contribution in [1.82, 2.24) is 19.6 Å². The smallest absolute Gasteiger partial charge is 0.148 e. The van der Waals surface area contributed by atoms with Crippen LogP contribution >= 0.6 is 0 Å². The molecule has 0 atom stereocenters. The van der Waals surface area contributed by atoms with Crippen molar-refractivity contribution < 1.29 is 0 Å². The van der Waals surface area contributed by atoms with Crippen molar-refractivity contribution in [3.8, 4) is 0 Å². The normalized spacial score (nSPS) is 10.7. The van der Waals surface area contributed by atoms with Crippen molar-refractivity contribution in [2.45, 2.75) is 39.9 Å². The summed E-state index contributed by atoms with van der Waals surface area (Å²) in [5.74, 6) is 0.919. The van der Waals surface area contributed by atoms with E-state index in [0.717, 1.165) is 31.9 Å². The molecule has 2 rings (SSSR count). The van der Waals surface area contributed by atoms with Gasteiger partial charge >= 0.3 is 0 Å². The summed E-state index contributed by atoms with van der Waals surface area (Å²) < 4.78 is 3.88. The zero-order valence-corrected chi connectivity index (χ0v) is 10.4. The Morgan fingerprint density at radius 3 is 2.88 bits per heavy atom. The molecule has 0 bridgehead atoms. The van der Waals surface area contributed by atoms with Gasteiger partial charge in [0.25, 0.3) is 0 Å². The lowest BCUT2D eigenvalue weighted by atomic mass is 10.3. The SMILES string of the molecule is CCCn1ccc(NCc2cnn(CC)c2)n1. The van der Waals surface area contributed by atoms with Crippen LogP contribution in [0.25, 0.3) is 0 Å². The van der Waals surface area contributed by atoms with Gasteiger partial charge in [0.2, 0.25) is 0 Å². The molecule has 0 aromatic carbocycles. The van der Waals surface area contributed by atoms with Crippen molar-refractivity contribution in [2.75, 3.05) is 5.32 Å². The number of rotatable bonds is 6. The molecule has 0 spiro atoms. The Hall–Kier alpha value is -1.78. The molecular weight excluding hydrogens is 214 g/mol. The fourth-order valence-electron chi connectivity index (χ4n) is 1.67. The Balaban J connectivity index is 1.88. The highest BCUT2D eigenvalue weighted by Crippen LogP contribution is 2.06. The molecule has 0 fully saturated rings. The van der Waals surface area contributed by atoms with Gasteiger partial charge in [-0.05, 0) is 13.3 Å². The molecule has 5 nitrogen and oxygen atoms in total. The number of nitrogens with zero attached hydrogens (tertiary/aromatic N) is 4. The number of aromatic nitrogens is 4. The van der Waals surface area contributed by atoms with Gasteiger partial charge in [-0.15, -0.1) is 0 Å². The van der Waals surface area contributed by atoms with Crippen LogP contribution in [-0.4, -0.2) is 19.6 Å². The fourth-order valence-corrected chi connectivity index (χ4v) is 1.67. The van der Waals surface area contributed by atoms with Gasteiger partial charge in [-0.1, -0.05) is 6.92 Å². The minimum absolute atomic E-state index is 0.767. The van der Waals surface area contributed by atoms with Crippen molar-refractivity contribution in [3.05, 3.63) is 30.2 Å². The number of hydrogen-bond donors (Lipinski definition) is 1. The molecular formula is C12H19N5. The topological polar surface area (TPSA) is 47.7 Å². The van der Waals surface area contributed by atoms with Gasteiger partial charge in [0.05, 0.1) is 6.20 Å². The van der Waals surface area contributed by atoms with Crippen LogP contribution in [-0.2, 0) is 19.6 Å². The van der Waals surface area contributed by atoms with Crippen LogP contribution in [0.15, 0.2) is 24.7 Å². The van der Waals surface area contributed by atoms with Crippen molar-refractivity contribution >= 4 is 5.82 Å². The van der Waals surface area contributed by atoms with E-state index in [1.54, 1.807) is 0 Å². The highest BCUT2D eigenvalue weighted by Gasteiger charge is 2.00. The molecule has 0 aliphatic heterocycles. The molecule has 0 saturated carbocycles. The first-order chi connectivity index (χ1) is 8.31. The second-order valence-electron chi connectivity index (χ2n) is 4.02. The number of anilines is 1. The van der Waals surface area contributed by atoms with Crippen LogP contribution in [0.4, 0.5) is 5.82 Å². The van der Waals surface area contributed by atoms with Gasteiger partial charge in [-0.25, -0.2) is 0 Å². The Labute approximate surface area is 101 Å². The number of hydrogen-bond acceptors (Lipinski definition) is 3. The predicted molar refractivity (Wildman–Crippen MR) is 67.7 cm³/mol. The molecule has 0 aliphatic carbocycles. The van der Waals surface area contributed by atoms with E-state index < -0.39 is 0 Å². The van der Waals surface area contributed by atoms with E-state index in [-0.39, 0.29) is 0 Å². The predicted octanol–water partition coefficient (Wildman–Crippen LogP) is 2.12. The maximum absolute atomic E-state index is 4.42. The van der Waals surface area contributed by atoms with E-state index in [1.165, 1.54) is 5.56 Å². The highest BCUT2D eigenvalue weighted by atomic mass is 15.3. The quantitative estimate of drug-likeness (QED) is 0.831. The van der Waals surface area contributed by atoms with Crippen LogP contribution in [0.1, 0.15) is 25.8 Å². The van der Waals surface area contributed by atoms with Gasteiger partial charge in [-0.3, -0.25) is 9.36 Å². The molecule has 0 amide bonds. The molecule has 2 aromatic rings. The van der Waals surface area contributed by atoms with E-state index in [9.17, 15) is 0 Å². The largest absolute Gasteiger partial charge is 0.364 e. The van der Waals surface area contributed by atoms with Crippen molar-refractivity contribution in [1.29, 1.82) is 0 Å². The van der Waals surface area contributed by atoms with E-state index in [0.29, 0.717) is 0 Å². The molecule has 0 aliphatic rings. The second kappa shape index (κ2) is 5.52. The van der Waals surface area contributed by atoms with Gasteiger partial charge in [0.1, 0.15) is 5.82 Å². The molecule has 2 aromatic heterocycles. The Morgan fingerprint density at radius 1 is 1.29 bits per heavy atom. The molecule has 0 unspecified atom stereocenters. The summed E-state index contributed by atoms with van der Waals surface area (Å²) in [6.45, 7) is 6.87. The molecule has 17 heavy (non-hydrogen) atoms. The van der Waals surface area contributed by atoms with Crippen LogP contribution in [0, 0.1) is 0 Å². The second-order valence-corrected chi connectivity index (χ2v) is 4.02. The standard InChI is InChI=1S/C12H19N5/c1-3-6-17-7-5-12(15-17)13-8-11-9-14-16(4-2)10-11/h5,7,9-10H,3-4,6,8H2,1-2H3,(H,13,15). The number of aryl methyl sites for hydroxylation is 2. The third kappa shape index (κ3) is 3.09. The summed E-state index contributed by atoms with van der Waals surface area (Å²) in [4.78, 5) is 0. The lowest BCUT2D eigenvalue weighted by Crippen LogP contribution is -2.02. The third-order valence-electron chi connectivity index (χ3n) is 2.58. The average molecular weight is 233 g/mol. The van der Waals surface area contributed by atoms with Crippen LogP contribution in [0.5, 0.6) is 0 Å². The molecule has 92 valence electrons. The van der Waals surface area contributed by atoms with Crippen LogP contribution < -0.4 is 5.32 Å². The van der Waals surface area contributed by atoms with E-state index in [2.05, 4.69) is 35.6 Å². The Kier molecular flexibility index (Phi) is 3.80. The van der Waals surface area contributed by atoms with Gasteiger partial charge in [0, 0.05) is 43.7 Å². The monoisotopic (exact) mass is 233 g/mol. The summed E-state index contributed by atoms with van der Waals surface area (Å²) in [5.41, 5.74) is 1.18. The van der Waals surface area contributed by atoms with Crippen molar-refractivity contribution in [3.63, 3.8) is 0 Å². The summed E-state index contributed by atoms with van der Waals surface area (Å²) in [5, 5.41) is 11.9. The molecule has 0 radical (unpaired) electrons. The summed E-state index contributed by atoms with van der Waals surface area (Å²) in [7, 11) is 0. The first-order valence-electron chi connectivity index (χ1n) is 6.10. The van der Waals surface area contributed by atoms with E-state index in [1.807, 2.05) is 27.8 Å². The molecule has 1 N–H and O–H groups in total. The average Bonchev–Trinajstić information content (AvgIpc) is 2.95. The van der Waals surface area contributed by atoms with Crippen LogP contribution in [0.3, 0.4) is 0 Å². The lowest BCUT2D eigenvalue weighted by Gasteiger charge is -2.00. The van der Waals surface area contributed by atoms with Crippen LogP contribution in [0.2, 0.25) is 0 Å². The van der Waals surface area contributed by atoms with Gasteiger partial charge < -0.3 is 5.32 Å². The summed E-state index contributed by atoms with van der Waals surface area (Å²) >= 11 is 0. The molecule has 5 heteroatoms. The van der Waals surface area contributed by atoms with E-state index >= 15 is 0 Å². The highest BCUT2D eigenvalue weighted by molar-refractivity contribution is 5.33. The summed E-state index contributed by atoms with van der Waals surface area (Å²) in [6, 6.07) is 2.00.